The minimum absolute atomic E-state index is 0.0456. The summed E-state index contributed by atoms with van der Waals surface area (Å²) in [6.45, 7) is 11.9. The van der Waals surface area contributed by atoms with Crippen molar-refractivity contribution in [3.8, 4) is 0 Å². The number of rotatable bonds is 2. The highest BCUT2D eigenvalue weighted by atomic mass is 16.5. The molecule has 0 aromatic carbocycles. The molecule has 0 radical (unpaired) electrons. The van der Waals surface area contributed by atoms with E-state index in [2.05, 4.69) is 20.8 Å². The Hall–Kier alpha value is -0.0151. The Labute approximate surface area is 70.1 Å². The molecule has 2 nitrogen and oxygen atoms in total. The average molecular weight is 158 g/mol. The van der Waals surface area contributed by atoms with Crippen molar-refractivity contribution in [1.29, 1.82) is 0 Å². The first-order chi connectivity index (χ1) is 4.67. The van der Waals surface area contributed by atoms with Crippen LogP contribution in [0.25, 0.3) is 0 Å². The molecule has 0 aromatic heterocycles. The van der Waals surface area contributed by atoms with Crippen molar-refractivity contribution in [1.82, 2.24) is 0 Å². The van der Waals surface area contributed by atoms with E-state index in [1.807, 2.05) is 13.8 Å². The van der Waals surface area contributed by atoms with Crippen LogP contribution in [0.5, 0.6) is 0 Å². The quantitative estimate of drug-likeness (QED) is 0.622. The molecule has 66 valence electrons. The van der Waals surface area contributed by atoms with E-state index in [0.29, 0.717) is 0 Å². The van der Waals surface area contributed by atoms with Crippen LogP contribution < -0.4 is 0 Å². The van der Waals surface area contributed by atoms with Crippen molar-refractivity contribution in [2.45, 2.75) is 47.0 Å². The topological polar surface area (TPSA) is 29.5 Å². The highest BCUT2D eigenvalue weighted by molar-refractivity contribution is 6.40. The molecule has 0 aromatic rings. The average Bonchev–Trinajstić information content (AvgIpc) is 1.56. The van der Waals surface area contributed by atoms with Crippen LogP contribution in [0.1, 0.15) is 34.6 Å². The third-order valence-electron chi connectivity index (χ3n) is 2.27. The van der Waals surface area contributed by atoms with Gasteiger partial charge in [0.2, 0.25) is 0 Å². The molecule has 0 aliphatic heterocycles. The molecule has 0 aliphatic rings. The van der Waals surface area contributed by atoms with E-state index in [9.17, 15) is 0 Å². The maximum absolute atomic E-state index is 9.03. The monoisotopic (exact) mass is 158 g/mol. The lowest BCUT2D eigenvalue weighted by atomic mass is 9.77. The van der Waals surface area contributed by atoms with Gasteiger partial charge in [0.1, 0.15) is 0 Å². The normalized spacial score (nSPS) is 13.4. The third kappa shape index (κ3) is 3.26. The SMILES string of the molecule is CB(O)OC(C)(C)C(C)(C)C. The second kappa shape index (κ2) is 3.15. The van der Waals surface area contributed by atoms with E-state index in [1.54, 1.807) is 6.82 Å². The molecule has 0 saturated carbocycles. The zero-order valence-electron chi connectivity index (χ0n) is 8.43. The van der Waals surface area contributed by atoms with E-state index in [0.717, 1.165) is 0 Å². The van der Waals surface area contributed by atoms with Crippen molar-refractivity contribution in [2.24, 2.45) is 5.41 Å². The molecular weight excluding hydrogens is 139 g/mol. The zero-order chi connectivity index (χ0) is 9.28. The zero-order valence-corrected chi connectivity index (χ0v) is 8.43. The molecule has 1 N–H and O–H groups in total. The first-order valence-corrected chi connectivity index (χ1v) is 4.03. The second-order valence-electron chi connectivity index (χ2n) is 4.48. The van der Waals surface area contributed by atoms with Crippen molar-refractivity contribution in [2.75, 3.05) is 0 Å². The minimum atomic E-state index is -0.691. The summed E-state index contributed by atoms with van der Waals surface area (Å²) in [5.41, 5.74) is -0.245. The lowest BCUT2D eigenvalue weighted by Gasteiger charge is -2.39. The fourth-order valence-electron chi connectivity index (χ4n) is 0.603. The summed E-state index contributed by atoms with van der Waals surface area (Å²) in [7, 11) is -0.691. The van der Waals surface area contributed by atoms with E-state index in [-0.39, 0.29) is 11.0 Å². The number of hydrogen-bond acceptors (Lipinski definition) is 2. The van der Waals surface area contributed by atoms with Crippen LogP contribution in [-0.4, -0.2) is 17.7 Å². The fraction of sp³-hybridized carbons (Fsp3) is 1.00. The van der Waals surface area contributed by atoms with Crippen LogP contribution in [0.15, 0.2) is 0 Å². The Balaban J connectivity index is 4.22. The van der Waals surface area contributed by atoms with Crippen LogP contribution in [0.3, 0.4) is 0 Å². The van der Waals surface area contributed by atoms with Gasteiger partial charge in [0.05, 0.1) is 5.60 Å². The van der Waals surface area contributed by atoms with Crippen LogP contribution >= 0.6 is 0 Å². The first-order valence-electron chi connectivity index (χ1n) is 4.03. The van der Waals surface area contributed by atoms with E-state index < -0.39 is 7.12 Å². The summed E-state index contributed by atoms with van der Waals surface area (Å²) in [5, 5.41) is 9.03. The molecule has 3 heteroatoms. The standard InChI is InChI=1S/C8H19BO2/c1-7(2,3)8(4,5)11-9(6)10/h10H,1-6H3. The lowest BCUT2D eigenvalue weighted by molar-refractivity contribution is -0.0147. The highest BCUT2D eigenvalue weighted by Crippen LogP contribution is 2.32. The van der Waals surface area contributed by atoms with Crippen LogP contribution in [0, 0.1) is 5.41 Å². The Kier molecular flexibility index (Phi) is 3.15. The molecule has 0 saturated heterocycles. The van der Waals surface area contributed by atoms with E-state index in [1.165, 1.54) is 0 Å². The largest absolute Gasteiger partial charge is 0.451 e. The molecule has 0 bridgehead atoms. The van der Waals surface area contributed by atoms with Crippen LogP contribution in [-0.2, 0) is 4.65 Å². The summed E-state index contributed by atoms with van der Waals surface area (Å²) in [6.07, 6.45) is 0. The van der Waals surface area contributed by atoms with Gasteiger partial charge in [-0.2, -0.15) is 0 Å². The van der Waals surface area contributed by atoms with Crippen molar-refractivity contribution in [3.05, 3.63) is 0 Å². The van der Waals surface area contributed by atoms with Crippen LogP contribution in [0.2, 0.25) is 6.82 Å². The maximum Gasteiger partial charge on any atom is 0.451 e. The van der Waals surface area contributed by atoms with Crippen LogP contribution in [0.4, 0.5) is 0 Å². The van der Waals surface area contributed by atoms with Gasteiger partial charge in [0, 0.05) is 0 Å². The van der Waals surface area contributed by atoms with Gasteiger partial charge in [-0.25, -0.2) is 0 Å². The molecule has 0 amide bonds. The first kappa shape index (κ1) is 11.0. The summed E-state index contributed by atoms with van der Waals surface area (Å²) in [5.74, 6) is 0. The third-order valence-corrected chi connectivity index (χ3v) is 2.27. The summed E-state index contributed by atoms with van der Waals surface area (Å²) < 4.78 is 5.36. The highest BCUT2D eigenvalue weighted by Gasteiger charge is 2.35. The van der Waals surface area contributed by atoms with Gasteiger partial charge >= 0.3 is 7.12 Å². The lowest BCUT2D eigenvalue weighted by Crippen LogP contribution is -2.43. The van der Waals surface area contributed by atoms with Gasteiger partial charge in [0.15, 0.2) is 0 Å². The molecule has 0 unspecified atom stereocenters. The van der Waals surface area contributed by atoms with Gasteiger partial charge in [-0.15, -0.1) is 0 Å². The smallest absolute Gasteiger partial charge is 0.427 e. The van der Waals surface area contributed by atoms with Crippen molar-refractivity contribution < 1.29 is 9.68 Å². The number of hydrogen-bond donors (Lipinski definition) is 1. The predicted octanol–water partition coefficient (Wildman–Crippen LogP) is 1.94. The molecule has 0 atom stereocenters. The maximum atomic E-state index is 9.03. The van der Waals surface area contributed by atoms with Gasteiger partial charge < -0.3 is 9.68 Å². The Morgan fingerprint density at radius 3 is 1.55 bits per heavy atom. The van der Waals surface area contributed by atoms with Gasteiger partial charge in [0.25, 0.3) is 0 Å². The molecule has 0 aliphatic carbocycles. The van der Waals surface area contributed by atoms with Crippen molar-refractivity contribution in [3.63, 3.8) is 0 Å². The fourth-order valence-corrected chi connectivity index (χ4v) is 0.603. The van der Waals surface area contributed by atoms with Crippen molar-refractivity contribution >= 4 is 7.12 Å². The Bertz CT molecular complexity index is 125. The molecule has 0 rings (SSSR count). The summed E-state index contributed by atoms with van der Waals surface area (Å²) in [4.78, 5) is 0. The molecule has 0 fully saturated rings. The summed E-state index contributed by atoms with van der Waals surface area (Å²) >= 11 is 0. The van der Waals surface area contributed by atoms with Gasteiger partial charge in [-0.05, 0) is 26.1 Å². The predicted molar refractivity (Wildman–Crippen MR) is 48.5 cm³/mol. The van der Waals surface area contributed by atoms with E-state index in [4.69, 9.17) is 9.68 Å². The van der Waals surface area contributed by atoms with Gasteiger partial charge in [-0.1, -0.05) is 20.8 Å². The second-order valence-corrected chi connectivity index (χ2v) is 4.48. The molecule has 0 spiro atoms. The molecule has 11 heavy (non-hydrogen) atoms. The Morgan fingerprint density at radius 2 is 1.45 bits per heavy atom. The molecule has 0 heterocycles. The van der Waals surface area contributed by atoms with Gasteiger partial charge in [-0.3, -0.25) is 0 Å². The minimum Gasteiger partial charge on any atom is -0.427 e. The summed E-state index contributed by atoms with van der Waals surface area (Å²) in [6, 6.07) is 0. The van der Waals surface area contributed by atoms with E-state index >= 15 is 0 Å². The Morgan fingerprint density at radius 1 is 1.09 bits per heavy atom. The molecular formula is C8H19BO2.